The van der Waals surface area contributed by atoms with E-state index in [1.165, 1.54) is 0 Å². The van der Waals surface area contributed by atoms with Crippen molar-refractivity contribution in [3.63, 3.8) is 0 Å². The SMILES string of the molecule is COCCOCCOc1ccc(C[C@H](C[C@H](O)CN2C(=O)[C@@H](Cc3ccccc3)C[C@@H]2Cc2ccccc2)C(=O)NC2c3ccccc3C[C@H]2O)cc1. The number of amides is 2. The topological polar surface area (TPSA) is 118 Å². The number of hydrogen-bond donors (Lipinski definition) is 3. The van der Waals surface area contributed by atoms with Crippen LogP contribution in [0.2, 0.25) is 0 Å². The number of carbonyl (C=O) groups excluding carboxylic acids is 2. The molecule has 1 heterocycles. The molecule has 0 bridgehead atoms. The zero-order valence-corrected chi connectivity index (χ0v) is 30.5. The number of β-amino-alcohol motifs (C(OH)–C–C–N with tert-alkyl or cyclic N) is 1. The summed E-state index contributed by atoms with van der Waals surface area (Å²) in [5, 5.41) is 25.8. The molecule has 1 saturated heterocycles. The molecule has 6 rings (SSSR count). The Labute approximate surface area is 312 Å². The largest absolute Gasteiger partial charge is 0.491 e. The van der Waals surface area contributed by atoms with E-state index < -0.39 is 24.2 Å². The highest BCUT2D eigenvalue weighted by molar-refractivity contribution is 5.82. The summed E-state index contributed by atoms with van der Waals surface area (Å²) < 4.78 is 16.3. The normalized spacial score (nSPS) is 20.6. The number of aliphatic hydroxyl groups is 2. The number of hydrogen-bond acceptors (Lipinski definition) is 7. The van der Waals surface area contributed by atoms with Crippen molar-refractivity contribution in [1.82, 2.24) is 10.2 Å². The third kappa shape index (κ3) is 10.5. The molecule has 53 heavy (non-hydrogen) atoms. The molecule has 2 aliphatic rings. The lowest BCUT2D eigenvalue weighted by Gasteiger charge is -2.29. The fraction of sp³-hybridized carbons (Fsp3) is 0.409. The highest BCUT2D eigenvalue weighted by atomic mass is 16.5. The van der Waals surface area contributed by atoms with E-state index in [1.54, 1.807) is 7.11 Å². The van der Waals surface area contributed by atoms with Gasteiger partial charge in [0.05, 0.1) is 38.1 Å². The Morgan fingerprint density at radius 2 is 1.49 bits per heavy atom. The van der Waals surface area contributed by atoms with Gasteiger partial charge in [-0.05, 0) is 72.1 Å². The molecule has 4 aromatic carbocycles. The first-order chi connectivity index (χ1) is 25.9. The first-order valence-corrected chi connectivity index (χ1v) is 18.8. The molecule has 4 aromatic rings. The third-order valence-corrected chi connectivity index (χ3v) is 10.4. The molecule has 280 valence electrons. The van der Waals surface area contributed by atoms with E-state index >= 15 is 0 Å². The molecule has 1 aliphatic carbocycles. The predicted octanol–water partition coefficient (Wildman–Crippen LogP) is 5.12. The number of fused-ring (bicyclic) bond motifs is 1. The van der Waals surface area contributed by atoms with E-state index in [0.717, 1.165) is 27.8 Å². The minimum absolute atomic E-state index is 0.0419. The van der Waals surface area contributed by atoms with Gasteiger partial charge >= 0.3 is 0 Å². The smallest absolute Gasteiger partial charge is 0.226 e. The number of likely N-dealkylation sites (tertiary alicyclic amines) is 1. The van der Waals surface area contributed by atoms with Gasteiger partial charge in [0.1, 0.15) is 12.4 Å². The second kappa shape index (κ2) is 19.0. The second-order valence-corrected chi connectivity index (χ2v) is 14.3. The van der Waals surface area contributed by atoms with Gasteiger partial charge in [-0.2, -0.15) is 0 Å². The minimum Gasteiger partial charge on any atom is -0.491 e. The highest BCUT2D eigenvalue weighted by Crippen LogP contribution is 2.33. The van der Waals surface area contributed by atoms with Crippen LogP contribution in [0, 0.1) is 11.8 Å². The molecule has 2 amide bonds. The van der Waals surface area contributed by atoms with E-state index in [4.69, 9.17) is 14.2 Å². The van der Waals surface area contributed by atoms with Crippen LogP contribution < -0.4 is 10.1 Å². The van der Waals surface area contributed by atoms with E-state index in [1.807, 2.05) is 89.8 Å². The number of aliphatic hydroxyl groups excluding tert-OH is 2. The number of benzene rings is 4. The number of methoxy groups -OCH3 is 1. The summed E-state index contributed by atoms with van der Waals surface area (Å²) in [5.74, 6) is -0.303. The predicted molar refractivity (Wildman–Crippen MR) is 203 cm³/mol. The monoisotopic (exact) mass is 720 g/mol. The standard InChI is InChI=1S/C44H52N2O7/c1-51-20-21-52-22-23-53-39-18-16-33(17-19-39)24-35(43(49)45-42-40-15-9-8-14-34(40)29-41(42)48)28-38(47)30-46-37(26-32-12-6-3-7-13-32)27-36(44(46)50)25-31-10-4-2-5-11-31/h2-19,35-38,41-42,47-48H,20-30H2,1H3,(H,45,49)/t35-,36+,37+,38+,41-,42?/m1/s1. The summed E-state index contributed by atoms with van der Waals surface area (Å²) in [6, 6.07) is 35.0. The Hall–Kier alpha value is -4.54. The molecular formula is C44H52N2O7. The zero-order valence-electron chi connectivity index (χ0n) is 30.5. The number of rotatable bonds is 19. The Balaban J connectivity index is 1.16. The van der Waals surface area contributed by atoms with Gasteiger partial charge in [0.2, 0.25) is 11.8 Å². The van der Waals surface area contributed by atoms with Crippen molar-refractivity contribution < 1.29 is 34.0 Å². The molecule has 0 radical (unpaired) electrons. The minimum atomic E-state index is -0.940. The second-order valence-electron chi connectivity index (χ2n) is 14.3. The lowest BCUT2D eigenvalue weighted by molar-refractivity contribution is -0.133. The Morgan fingerprint density at radius 3 is 2.21 bits per heavy atom. The molecule has 1 fully saturated rings. The lowest BCUT2D eigenvalue weighted by Crippen LogP contribution is -2.43. The van der Waals surface area contributed by atoms with Crippen molar-refractivity contribution in [2.45, 2.75) is 62.8 Å². The fourth-order valence-electron chi connectivity index (χ4n) is 7.76. The van der Waals surface area contributed by atoms with Crippen molar-refractivity contribution in [3.05, 3.63) is 137 Å². The fourth-order valence-corrected chi connectivity index (χ4v) is 7.76. The quantitative estimate of drug-likeness (QED) is 0.115. The molecule has 0 spiro atoms. The van der Waals surface area contributed by atoms with E-state index in [9.17, 15) is 19.8 Å². The van der Waals surface area contributed by atoms with Crippen molar-refractivity contribution in [2.24, 2.45) is 11.8 Å². The number of nitrogens with zero attached hydrogens (tertiary/aromatic N) is 1. The van der Waals surface area contributed by atoms with Gasteiger partial charge in [0.15, 0.2) is 0 Å². The maximum atomic E-state index is 14.1. The average Bonchev–Trinajstić information content (AvgIpc) is 3.64. The summed E-state index contributed by atoms with van der Waals surface area (Å²) in [6.45, 7) is 2.02. The van der Waals surface area contributed by atoms with Crippen LogP contribution in [-0.4, -0.2) is 85.3 Å². The van der Waals surface area contributed by atoms with Crippen molar-refractivity contribution in [1.29, 1.82) is 0 Å². The van der Waals surface area contributed by atoms with Gasteiger partial charge in [0, 0.05) is 38.0 Å². The van der Waals surface area contributed by atoms with E-state index in [0.29, 0.717) is 64.3 Å². The van der Waals surface area contributed by atoms with Crippen LogP contribution in [0.3, 0.4) is 0 Å². The molecule has 6 atom stereocenters. The van der Waals surface area contributed by atoms with Crippen LogP contribution >= 0.6 is 0 Å². The molecular weight excluding hydrogens is 668 g/mol. The van der Waals surface area contributed by atoms with Gasteiger partial charge < -0.3 is 34.6 Å². The van der Waals surface area contributed by atoms with E-state index in [-0.39, 0.29) is 36.7 Å². The van der Waals surface area contributed by atoms with Crippen LogP contribution in [-0.2, 0) is 44.7 Å². The summed E-state index contributed by atoms with van der Waals surface area (Å²) in [5.41, 5.74) is 5.10. The maximum Gasteiger partial charge on any atom is 0.226 e. The van der Waals surface area contributed by atoms with Gasteiger partial charge in [-0.1, -0.05) is 97.1 Å². The lowest BCUT2D eigenvalue weighted by atomic mass is 9.91. The zero-order chi connectivity index (χ0) is 37.0. The molecule has 0 aromatic heterocycles. The van der Waals surface area contributed by atoms with E-state index in [2.05, 4.69) is 29.6 Å². The molecule has 1 unspecified atom stereocenters. The summed E-state index contributed by atoms with van der Waals surface area (Å²) in [4.78, 5) is 30.0. The number of nitrogens with one attached hydrogen (secondary N) is 1. The molecule has 3 N–H and O–H groups in total. The van der Waals surface area contributed by atoms with Crippen LogP contribution in [0.1, 0.15) is 46.7 Å². The Morgan fingerprint density at radius 1 is 0.830 bits per heavy atom. The summed E-state index contributed by atoms with van der Waals surface area (Å²) in [7, 11) is 1.63. The van der Waals surface area contributed by atoms with Crippen molar-refractivity contribution in [3.8, 4) is 5.75 Å². The van der Waals surface area contributed by atoms with Gasteiger partial charge in [-0.15, -0.1) is 0 Å². The average molecular weight is 721 g/mol. The van der Waals surface area contributed by atoms with Crippen LogP contribution in [0.25, 0.3) is 0 Å². The van der Waals surface area contributed by atoms with Crippen LogP contribution in [0.5, 0.6) is 5.75 Å². The summed E-state index contributed by atoms with van der Waals surface area (Å²) in [6.07, 6.45) is 1.35. The summed E-state index contributed by atoms with van der Waals surface area (Å²) >= 11 is 0. The third-order valence-electron chi connectivity index (χ3n) is 10.4. The van der Waals surface area contributed by atoms with Crippen molar-refractivity contribution in [2.75, 3.05) is 40.1 Å². The van der Waals surface area contributed by atoms with Crippen LogP contribution in [0.4, 0.5) is 0 Å². The first-order valence-electron chi connectivity index (χ1n) is 18.8. The molecule has 0 saturated carbocycles. The number of ether oxygens (including phenoxy) is 3. The van der Waals surface area contributed by atoms with Crippen LogP contribution in [0.15, 0.2) is 109 Å². The first kappa shape index (κ1) is 38.2. The highest BCUT2D eigenvalue weighted by Gasteiger charge is 2.41. The molecule has 9 nitrogen and oxygen atoms in total. The Kier molecular flexibility index (Phi) is 13.7. The van der Waals surface area contributed by atoms with Gasteiger partial charge in [-0.3, -0.25) is 9.59 Å². The van der Waals surface area contributed by atoms with Gasteiger partial charge in [-0.25, -0.2) is 0 Å². The Bertz CT molecular complexity index is 1740. The number of carbonyl (C=O) groups is 2. The molecule has 1 aliphatic heterocycles. The molecule has 9 heteroatoms. The maximum absolute atomic E-state index is 14.1. The van der Waals surface area contributed by atoms with Crippen molar-refractivity contribution >= 4 is 11.8 Å². The van der Waals surface area contributed by atoms with Gasteiger partial charge in [0.25, 0.3) is 0 Å².